The molecule has 4 unspecified atom stereocenters. The van der Waals surface area contributed by atoms with Crippen molar-refractivity contribution in [2.24, 2.45) is 17.3 Å². The van der Waals surface area contributed by atoms with Crippen LogP contribution in [0.25, 0.3) is 0 Å². The van der Waals surface area contributed by atoms with E-state index >= 15 is 0 Å². The number of esters is 1. The number of ether oxygens (including phenoxy) is 1. The summed E-state index contributed by atoms with van der Waals surface area (Å²) in [6.45, 7) is 7.79. The van der Waals surface area contributed by atoms with Gasteiger partial charge >= 0.3 is 5.97 Å². The van der Waals surface area contributed by atoms with Crippen molar-refractivity contribution in [1.82, 2.24) is 0 Å². The van der Waals surface area contributed by atoms with Crippen LogP contribution in [-0.2, 0) is 9.53 Å². The van der Waals surface area contributed by atoms with Crippen molar-refractivity contribution in [2.75, 3.05) is 0 Å². The number of hydrogen-bond donors (Lipinski definition) is 0. The lowest BCUT2D eigenvalue weighted by atomic mass is 9.65. The second-order valence-electron chi connectivity index (χ2n) is 7.09. The van der Waals surface area contributed by atoms with Gasteiger partial charge in [0.2, 0.25) is 0 Å². The van der Waals surface area contributed by atoms with Crippen LogP contribution < -0.4 is 0 Å². The van der Waals surface area contributed by atoms with Crippen LogP contribution in [0.1, 0.15) is 65.2 Å². The molecule has 0 heterocycles. The zero-order valence-electron chi connectivity index (χ0n) is 12.3. The van der Waals surface area contributed by atoms with E-state index in [2.05, 4.69) is 13.5 Å². The van der Waals surface area contributed by atoms with Crippen LogP contribution in [0.4, 0.5) is 0 Å². The number of carbonyl (C=O) groups is 1. The largest absolute Gasteiger partial charge is 0.455 e. The smallest absolute Gasteiger partial charge is 0.333 e. The van der Waals surface area contributed by atoms with E-state index in [-0.39, 0.29) is 11.6 Å². The first kappa shape index (κ1) is 13.2. The fraction of sp³-hybridized carbons (Fsp3) is 0.824. The van der Waals surface area contributed by atoms with Gasteiger partial charge in [-0.15, -0.1) is 0 Å². The Morgan fingerprint density at radius 3 is 2.84 bits per heavy atom. The Morgan fingerprint density at radius 2 is 2.16 bits per heavy atom. The molecule has 19 heavy (non-hydrogen) atoms. The quantitative estimate of drug-likeness (QED) is 0.559. The summed E-state index contributed by atoms with van der Waals surface area (Å²) in [6, 6.07) is 0. The van der Waals surface area contributed by atoms with Crippen LogP contribution in [0, 0.1) is 17.3 Å². The third-order valence-electron chi connectivity index (χ3n) is 6.13. The molecule has 3 rings (SSSR count). The molecule has 2 nitrogen and oxygen atoms in total. The molecule has 3 aliphatic carbocycles. The Hall–Kier alpha value is -0.790. The first-order chi connectivity index (χ1) is 9.05. The zero-order valence-corrected chi connectivity index (χ0v) is 12.3. The molecule has 0 aromatic carbocycles. The van der Waals surface area contributed by atoms with Gasteiger partial charge in [-0.05, 0) is 57.8 Å². The Morgan fingerprint density at radius 1 is 1.37 bits per heavy atom. The van der Waals surface area contributed by atoms with Gasteiger partial charge in [0.05, 0.1) is 0 Å². The fourth-order valence-corrected chi connectivity index (χ4v) is 5.58. The fourth-order valence-electron chi connectivity index (χ4n) is 5.58. The van der Waals surface area contributed by atoms with Gasteiger partial charge < -0.3 is 4.74 Å². The van der Waals surface area contributed by atoms with E-state index in [1.54, 1.807) is 6.92 Å². The highest BCUT2D eigenvalue weighted by Crippen LogP contribution is 2.70. The minimum Gasteiger partial charge on any atom is -0.455 e. The average Bonchev–Trinajstić information content (AvgIpc) is 2.99. The van der Waals surface area contributed by atoms with Crippen molar-refractivity contribution in [2.45, 2.75) is 70.8 Å². The van der Waals surface area contributed by atoms with Crippen molar-refractivity contribution in [3.8, 4) is 0 Å². The molecule has 0 aromatic heterocycles. The summed E-state index contributed by atoms with van der Waals surface area (Å²) >= 11 is 0. The summed E-state index contributed by atoms with van der Waals surface area (Å²) in [4.78, 5) is 12.1. The van der Waals surface area contributed by atoms with Gasteiger partial charge in [-0.3, -0.25) is 0 Å². The van der Waals surface area contributed by atoms with E-state index < -0.39 is 0 Å². The van der Waals surface area contributed by atoms with Gasteiger partial charge in [-0.2, -0.15) is 0 Å². The molecule has 0 radical (unpaired) electrons. The third kappa shape index (κ3) is 1.64. The molecule has 3 aliphatic rings. The van der Waals surface area contributed by atoms with Gasteiger partial charge in [0, 0.05) is 16.9 Å². The van der Waals surface area contributed by atoms with Crippen LogP contribution in [0.2, 0.25) is 0 Å². The monoisotopic (exact) mass is 262 g/mol. The lowest BCUT2D eigenvalue weighted by molar-refractivity contribution is -0.178. The zero-order chi connectivity index (χ0) is 13.7. The predicted molar refractivity (Wildman–Crippen MR) is 75.7 cm³/mol. The maximum Gasteiger partial charge on any atom is 0.333 e. The summed E-state index contributed by atoms with van der Waals surface area (Å²) in [6.07, 6.45) is 9.94. The van der Waals surface area contributed by atoms with E-state index in [1.165, 1.54) is 44.9 Å². The summed E-state index contributed by atoms with van der Waals surface area (Å²) in [5.41, 5.74) is 0.704. The van der Waals surface area contributed by atoms with Crippen molar-refractivity contribution in [1.29, 1.82) is 0 Å². The number of hydrogen-bond acceptors (Lipinski definition) is 2. The minimum atomic E-state index is -0.157. The topological polar surface area (TPSA) is 26.3 Å². The van der Waals surface area contributed by atoms with E-state index in [0.29, 0.717) is 16.9 Å². The minimum absolute atomic E-state index is 0.137. The SMILES string of the molecule is C=C(C)C(=O)OC12CCCC1C1CCC2(CCC)C1. The van der Waals surface area contributed by atoms with Crippen LogP contribution in [0.5, 0.6) is 0 Å². The summed E-state index contributed by atoms with van der Waals surface area (Å²) in [7, 11) is 0. The van der Waals surface area contributed by atoms with Crippen LogP contribution in [-0.4, -0.2) is 11.6 Å². The summed E-state index contributed by atoms with van der Waals surface area (Å²) in [5.74, 6) is 1.29. The highest BCUT2D eigenvalue weighted by Gasteiger charge is 2.69. The summed E-state index contributed by atoms with van der Waals surface area (Å²) < 4.78 is 6.14. The van der Waals surface area contributed by atoms with E-state index in [1.807, 2.05) is 0 Å². The molecule has 4 atom stereocenters. The molecular formula is C17H26O2. The standard InChI is InChI=1S/C17H26O2/c1-4-8-16-10-7-13(11-16)14-6-5-9-17(14,16)19-15(18)12(2)3/h13-14H,2,4-11H2,1,3H3. The second-order valence-corrected chi connectivity index (χ2v) is 7.09. The molecule has 0 aliphatic heterocycles. The lowest BCUT2D eigenvalue weighted by Gasteiger charge is -2.47. The second kappa shape index (κ2) is 4.36. The number of fused-ring (bicyclic) bond motifs is 5. The van der Waals surface area contributed by atoms with Crippen molar-refractivity contribution in [3.05, 3.63) is 12.2 Å². The van der Waals surface area contributed by atoms with E-state index in [9.17, 15) is 4.79 Å². The molecule has 0 amide bonds. The molecule has 0 spiro atoms. The van der Waals surface area contributed by atoms with Crippen LogP contribution in [0.3, 0.4) is 0 Å². The Balaban J connectivity index is 1.95. The van der Waals surface area contributed by atoms with Crippen molar-refractivity contribution >= 4 is 5.97 Å². The highest BCUT2D eigenvalue weighted by atomic mass is 16.6. The van der Waals surface area contributed by atoms with E-state index in [0.717, 1.165) is 12.3 Å². The van der Waals surface area contributed by atoms with Crippen molar-refractivity contribution in [3.63, 3.8) is 0 Å². The normalized spacial score (nSPS) is 43.3. The molecule has 3 saturated carbocycles. The Labute approximate surface area is 116 Å². The Bertz CT molecular complexity index is 413. The summed E-state index contributed by atoms with van der Waals surface area (Å²) in [5, 5.41) is 0. The molecule has 0 N–H and O–H groups in total. The molecule has 2 bridgehead atoms. The number of rotatable bonds is 4. The molecule has 2 heteroatoms. The molecule has 0 aromatic rings. The van der Waals surface area contributed by atoms with Crippen LogP contribution in [0.15, 0.2) is 12.2 Å². The first-order valence-electron chi connectivity index (χ1n) is 7.93. The molecule has 0 saturated heterocycles. The molecular weight excluding hydrogens is 236 g/mol. The van der Waals surface area contributed by atoms with E-state index in [4.69, 9.17) is 4.74 Å². The molecule has 106 valence electrons. The lowest BCUT2D eigenvalue weighted by Crippen LogP contribution is -2.51. The van der Waals surface area contributed by atoms with Crippen LogP contribution >= 0.6 is 0 Å². The van der Waals surface area contributed by atoms with Crippen molar-refractivity contribution < 1.29 is 9.53 Å². The predicted octanol–water partition coefficient (Wildman–Crippen LogP) is 4.24. The number of carbonyl (C=O) groups excluding carboxylic acids is 1. The van der Waals surface area contributed by atoms with Gasteiger partial charge in [0.25, 0.3) is 0 Å². The van der Waals surface area contributed by atoms with Gasteiger partial charge in [0.15, 0.2) is 0 Å². The van der Waals surface area contributed by atoms with Gasteiger partial charge in [0.1, 0.15) is 5.60 Å². The maximum absolute atomic E-state index is 12.1. The molecule has 3 fully saturated rings. The van der Waals surface area contributed by atoms with Gasteiger partial charge in [-0.25, -0.2) is 4.79 Å². The average molecular weight is 262 g/mol. The maximum atomic E-state index is 12.1. The Kier molecular flexibility index (Phi) is 3.03. The van der Waals surface area contributed by atoms with Gasteiger partial charge in [-0.1, -0.05) is 19.9 Å². The highest BCUT2D eigenvalue weighted by molar-refractivity contribution is 5.87. The first-order valence-corrected chi connectivity index (χ1v) is 7.93. The third-order valence-corrected chi connectivity index (χ3v) is 6.13.